The van der Waals surface area contributed by atoms with E-state index in [9.17, 15) is 9.59 Å². The second-order valence-corrected chi connectivity index (χ2v) is 7.53. The summed E-state index contributed by atoms with van der Waals surface area (Å²) in [5.41, 5.74) is 1.83. The highest BCUT2D eigenvalue weighted by Crippen LogP contribution is 2.30. The van der Waals surface area contributed by atoms with Gasteiger partial charge in [-0.05, 0) is 61.9 Å². The quantitative estimate of drug-likeness (QED) is 0.680. The van der Waals surface area contributed by atoms with Crippen LogP contribution in [-0.4, -0.2) is 48.2 Å². The van der Waals surface area contributed by atoms with Crippen molar-refractivity contribution in [2.24, 2.45) is 5.92 Å². The second kappa shape index (κ2) is 8.73. The van der Waals surface area contributed by atoms with Gasteiger partial charge < -0.3 is 20.6 Å². The van der Waals surface area contributed by atoms with Crippen LogP contribution in [0.1, 0.15) is 42.9 Å². The van der Waals surface area contributed by atoms with E-state index in [0.29, 0.717) is 23.9 Å². The number of rotatable bonds is 7. The van der Waals surface area contributed by atoms with Crippen molar-refractivity contribution in [1.29, 1.82) is 0 Å². The molecule has 1 aromatic carbocycles. The highest BCUT2D eigenvalue weighted by molar-refractivity contribution is 6.31. The van der Waals surface area contributed by atoms with Gasteiger partial charge in [-0.2, -0.15) is 0 Å². The van der Waals surface area contributed by atoms with Crippen molar-refractivity contribution in [2.75, 3.05) is 26.2 Å². The number of aliphatic carboxylic acids is 1. The van der Waals surface area contributed by atoms with Gasteiger partial charge in [-0.1, -0.05) is 23.7 Å². The van der Waals surface area contributed by atoms with Crippen LogP contribution in [0.15, 0.2) is 18.2 Å². The minimum absolute atomic E-state index is 0.0183. The number of carboxylic acids is 1. The average Bonchev–Trinajstić information content (AvgIpc) is 3.00. The molecule has 2 aliphatic rings. The molecule has 2 aliphatic heterocycles. The summed E-state index contributed by atoms with van der Waals surface area (Å²) in [5, 5.41) is 15.7. The molecule has 0 aromatic heterocycles. The van der Waals surface area contributed by atoms with Crippen molar-refractivity contribution >= 4 is 23.6 Å². The van der Waals surface area contributed by atoms with E-state index in [1.165, 1.54) is 12.8 Å². The maximum absolute atomic E-state index is 12.3. The Bertz CT molecular complexity index is 661. The number of nitrogens with one attached hydrogen (secondary N) is 2. The van der Waals surface area contributed by atoms with Crippen LogP contribution in [-0.2, 0) is 11.2 Å². The molecule has 0 bridgehead atoms. The molecular weight excluding hydrogens is 354 g/mol. The van der Waals surface area contributed by atoms with Crippen LogP contribution in [0.25, 0.3) is 0 Å². The molecule has 2 saturated heterocycles. The molecule has 0 radical (unpaired) electrons. The number of hydrogen-bond donors (Lipinski definition) is 3. The lowest BCUT2D eigenvalue weighted by atomic mass is 9.94. The van der Waals surface area contributed by atoms with E-state index in [-0.39, 0.29) is 18.5 Å². The van der Waals surface area contributed by atoms with E-state index >= 15 is 0 Å². The van der Waals surface area contributed by atoms with Crippen LogP contribution in [0.4, 0.5) is 4.79 Å². The number of carbonyl (C=O) groups excluding carboxylic acids is 1. The van der Waals surface area contributed by atoms with Crippen molar-refractivity contribution in [3.05, 3.63) is 34.3 Å². The highest BCUT2D eigenvalue weighted by Gasteiger charge is 2.32. The molecule has 7 heteroatoms. The molecule has 1 unspecified atom stereocenters. The van der Waals surface area contributed by atoms with Gasteiger partial charge in [-0.15, -0.1) is 0 Å². The molecule has 0 aliphatic carbocycles. The third kappa shape index (κ3) is 4.68. The molecule has 1 atom stereocenters. The first-order valence-corrected chi connectivity index (χ1v) is 9.67. The molecular formula is C19H26ClN3O3. The smallest absolute Gasteiger partial charge is 0.318 e. The predicted octanol–water partition coefficient (Wildman–Crippen LogP) is 2.81. The van der Waals surface area contributed by atoms with Crippen molar-refractivity contribution in [3.63, 3.8) is 0 Å². The summed E-state index contributed by atoms with van der Waals surface area (Å²) >= 11 is 6.35. The Morgan fingerprint density at radius 2 is 2.08 bits per heavy atom. The lowest BCUT2D eigenvalue weighted by molar-refractivity contribution is -0.136. The van der Waals surface area contributed by atoms with E-state index in [1.54, 1.807) is 0 Å². The van der Waals surface area contributed by atoms with Gasteiger partial charge in [0.25, 0.3) is 0 Å². The summed E-state index contributed by atoms with van der Waals surface area (Å²) in [6.07, 6.45) is 3.84. The first-order valence-electron chi connectivity index (χ1n) is 9.30. The van der Waals surface area contributed by atoms with Crippen LogP contribution in [0.5, 0.6) is 0 Å². The molecule has 6 nitrogen and oxygen atoms in total. The van der Waals surface area contributed by atoms with Gasteiger partial charge in [0.15, 0.2) is 0 Å². The second-order valence-electron chi connectivity index (χ2n) is 7.12. The van der Waals surface area contributed by atoms with Crippen molar-refractivity contribution in [3.8, 4) is 0 Å². The van der Waals surface area contributed by atoms with Crippen molar-refractivity contribution in [2.45, 2.75) is 38.1 Å². The van der Waals surface area contributed by atoms with Gasteiger partial charge in [0, 0.05) is 24.5 Å². The molecule has 0 spiro atoms. The lowest BCUT2D eigenvalue weighted by Crippen LogP contribution is -2.34. The van der Waals surface area contributed by atoms with E-state index in [4.69, 9.17) is 16.7 Å². The minimum atomic E-state index is -0.833. The summed E-state index contributed by atoms with van der Waals surface area (Å²) < 4.78 is 0. The summed E-state index contributed by atoms with van der Waals surface area (Å²) in [5.74, 6) is -0.160. The molecule has 0 saturated carbocycles. The zero-order valence-electron chi connectivity index (χ0n) is 14.8. The van der Waals surface area contributed by atoms with Gasteiger partial charge in [0.1, 0.15) is 0 Å². The Balaban J connectivity index is 1.65. The van der Waals surface area contributed by atoms with Crippen molar-refractivity contribution < 1.29 is 14.7 Å². The number of halogens is 1. The summed E-state index contributed by atoms with van der Waals surface area (Å²) in [6, 6.07) is 5.69. The fourth-order valence-corrected chi connectivity index (χ4v) is 4.08. The van der Waals surface area contributed by atoms with Gasteiger partial charge in [0.2, 0.25) is 0 Å². The Hall–Kier alpha value is -1.79. The van der Waals surface area contributed by atoms with Crippen LogP contribution < -0.4 is 10.6 Å². The van der Waals surface area contributed by atoms with Crippen LogP contribution in [0.3, 0.4) is 0 Å². The fourth-order valence-electron chi connectivity index (χ4n) is 3.80. The van der Waals surface area contributed by atoms with E-state index in [2.05, 4.69) is 10.6 Å². The minimum Gasteiger partial charge on any atom is -0.481 e. The van der Waals surface area contributed by atoms with Crippen LogP contribution in [0, 0.1) is 5.92 Å². The number of piperidine rings is 1. The molecule has 3 rings (SSSR count). The number of carbonyl (C=O) groups is 2. The van der Waals surface area contributed by atoms with Crippen molar-refractivity contribution in [1.82, 2.24) is 15.5 Å². The molecule has 1 aromatic rings. The third-order valence-electron chi connectivity index (χ3n) is 5.39. The largest absolute Gasteiger partial charge is 0.481 e. The van der Waals surface area contributed by atoms with Gasteiger partial charge >= 0.3 is 12.0 Å². The number of aryl methyl sites for hydroxylation is 1. The van der Waals surface area contributed by atoms with Gasteiger partial charge in [0.05, 0.1) is 6.04 Å². The molecule has 142 valence electrons. The Labute approximate surface area is 158 Å². The topological polar surface area (TPSA) is 81.7 Å². The predicted molar refractivity (Wildman–Crippen MR) is 100 cm³/mol. The summed E-state index contributed by atoms with van der Waals surface area (Å²) in [7, 11) is 0. The number of nitrogens with zero attached hydrogens (tertiary/aromatic N) is 1. The number of amides is 2. The maximum atomic E-state index is 12.3. The number of hydrogen-bond acceptors (Lipinski definition) is 3. The van der Waals surface area contributed by atoms with Crippen LogP contribution in [0.2, 0.25) is 5.02 Å². The third-order valence-corrected chi connectivity index (χ3v) is 5.74. The Kier molecular flexibility index (Phi) is 6.38. The zero-order chi connectivity index (χ0) is 18.5. The number of carboxylic acid groups (broad SMARTS) is 1. The summed E-state index contributed by atoms with van der Waals surface area (Å²) in [6.45, 7) is 3.46. The van der Waals surface area contributed by atoms with Gasteiger partial charge in [-0.25, -0.2) is 4.79 Å². The SMILES string of the molecule is O=C(O)CCc1ccc(C2CNC(=O)N2CCC2CCNCC2)cc1Cl. The Morgan fingerprint density at radius 1 is 1.31 bits per heavy atom. The molecule has 2 heterocycles. The molecule has 26 heavy (non-hydrogen) atoms. The number of urea groups is 1. The maximum Gasteiger partial charge on any atom is 0.318 e. The zero-order valence-corrected chi connectivity index (χ0v) is 15.6. The standard InChI is InChI=1S/C19H26ClN3O3/c20-16-11-15(2-1-14(16)3-4-18(24)25)17-12-22-19(26)23(17)10-7-13-5-8-21-9-6-13/h1-2,11,13,17,21H,3-10,12H2,(H,22,26)(H,24,25). The van der Waals surface area contributed by atoms with Crippen LogP contribution >= 0.6 is 11.6 Å². The first-order chi connectivity index (χ1) is 12.5. The van der Waals surface area contributed by atoms with E-state index in [1.807, 2.05) is 23.1 Å². The van der Waals surface area contributed by atoms with E-state index < -0.39 is 5.97 Å². The lowest BCUT2D eigenvalue weighted by Gasteiger charge is -2.28. The molecule has 3 N–H and O–H groups in total. The van der Waals surface area contributed by atoms with Gasteiger partial charge in [-0.3, -0.25) is 4.79 Å². The number of benzene rings is 1. The molecule has 2 fully saturated rings. The molecule has 2 amide bonds. The monoisotopic (exact) mass is 379 g/mol. The fraction of sp³-hybridized carbons (Fsp3) is 0.579. The first kappa shape index (κ1) is 19.0. The van der Waals surface area contributed by atoms with E-state index in [0.717, 1.165) is 37.2 Å². The summed E-state index contributed by atoms with van der Waals surface area (Å²) in [4.78, 5) is 24.9. The highest BCUT2D eigenvalue weighted by atomic mass is 35.5. The average molecular weight is 380 g/mol. The normalized spacial score (nSPS) is 21.0. The Morgan fingerprint density at radius 3 is 2.77 bits per heavy atom.